The van der Waals surface area contributed by atoms with Gasteiger partial charge in [0.15, 0.2) is 17.6 Å². The second kappa shape index (κ2) is 13.4. The smallest absolute Gasteiger partial charge is 0.408 e. The van der Waals surface area contributed by atoms with Crippen molar-refractivity contribution in [2.45, 2.75) is 68.5 Å². The lowest BCUT2D eigenvalue weighted by molar-refractivity contribution is -0.152. The maximum atomic E-state index is 14.1. The van der Waals surface area contributed by atoms with E-state index >= 15 is 0 Å². The SMILES string of the molecule is COc1ccc(S(=O)(=O)N(Cc2ccccc2)C(NC(=O)OC2COCOC2)C(C)O)cc1OC1CCCC1. The number of methoxy groups -OCH3 is 1. The van der Waals surface area contributed by atoms with Gasteiger partial charge in [0.05, 0.1) is 37.4 Å². The molecule has 0 radical (unpaired) electrons. The molecule has 214 valence electrons. The third-order valence-corrected chi connectivity index (χ3v) is 8.42. The molecule has 12 heteroatoms. The van der Waals surface area contributed by atoms with Crippen LogP contribution in [0, 0.1) is 0 Å². The summed E-state index contributed by atoms with van der Waals surface area (Å²) in [5.41, 5.74) is 0.659. The maximum Gasteiger partial charge on any atom is 0.408 e. The summed E-state index contributed by atoms with van der Waals surface area (Å²) in [6.07, 6.45) is -0.373. The van der Waals surface area contributed by atoms with Gasteiger partial charge < -0.3 is 34.1 Å². The third kappa shape index (κ3) is 7.61. The summed E-state index contributed by atoms with van der Waals surface area (Å²) < 4.78 is 56.5. The number of carbonyl (C=O) groups is 1. The van der Waals surface area contributed by atoms with E-state index in [0.717, 1.165) is 30.0 Å². The molecule has 2 aromatic rings. The molecule has 1 heterocycles. The summed E-state index contributed by atoms with van der Waals surface area (Å²) in [7, 11) is -2.79. The minimum absolute atomic E-state index is 0.0216. The molecule has 1 saturated heterocycles. The van der Waals surface area contributed by atoms with E-state index in [2.05, 4.69) is 5.32 Å². The second-order valence-corrected chi connectivity index (χ2v) is 11.5. The van der Waals surface area contributed by atoms with Gasteiger partial charge in [-0.05, 0) is 50.3 Å². The molecule has 11 nitrogen and oxygen atoms in total. The van der Waals surface area contributed by atoms with Gasteiger partial charge in [-0.2, -0.15) is 4.31 Å². The third-order valence-electron chi connectivity index (χ3n) is 6.60. The number of benzene rings is 2. The summed E-state index contributed by atoms with van der Waals surface area (Å²) in [5.74, 6) is 0.740. The molecule has 0 spiro atoms. The number of ether oxygens (including phenoxy) is 5. The number of hydrogen-bond acceptors (Lipinski definition) is 9. The highest BCUT2D eigenvalue weighted by Gasteiger charge is 2.37. The number of aliphatic hydroxyl groups excluding tert-OH is 1. The molecule has 2 aliphatic rings. The largest absolute Gasteiger partial charge is 0.493 e. The number of aliphatic hydroxyl groups is 1. The van der Waals surface area contributed by atoms with Gasteiger partial charge in [-0.25, -0.2) is 13.2 Å². The number of rotatable bonds is 11. The maximum absolute atomic E-state index is 14.1. The van der Waals surface area contributed by atoms with Crippen LogP contribution in [0.1, 0.15) is 38.2 Å². The van der Waals surface area contributed by atoms with E-state index < -0.39 is 34.5 Å². The minimum Gasteiger partial charge on any atom is -0.493 e. The molecular weight excluding hydrogens is 528 g/mol. The number of nitrogens with zero attached hydrogens (tertiary/aromatic N) is 1. The number of amides is 1. The van der Waals surface area contributed by atoms with Crippen molar-refractivity contribution in [1.29, 1.82) is 0 Å². The summed E-state index contributed by atoms with van der Waals surface area (Å²) in [4.78, 5) is 12.7. The van der Waals surface area contributed by atoms with Crippen LogP contribution in [0.4, 0.5) is 4.79 Å². The molecule has 0 bridgehead atoms. The molecule has 1 aliphatic carbocycles. The van der Waals surface area contributed by atoms with Crippen molar-refractivity contribution in [3.63, 3.8) is 0 Å². The molecule has 2 atom stereocenters. The van der Waals surface area contributed by atoms with Crippen LogP contribution in [0.5, 0.6) is 11.5 Å². The zero-order valence-corrected chi connectivity index (χ0v) is 23.0. The van der Waals surface area contributed by atoms with E-state index in [-0.39, 0.29) is 37.6 Å². The molecule has 4 rings (SSSR count). The van der Waals surface area contributed by atoms with Crippen molar-refractivity contribution >= 4 is 16.1 Å². The van der Waals surface area contributed by atoms with E-state index in [0.29, 0.717) is 17.1 Å². The lowest BCUT2D eigenvalue weighted by Crippen LogP contribution is -2.56. The Hall–Kier alpha value is -2.90. The average Bonchev–Trinajstić information content (AvgIpc) is 3.44. The highest BCUT2D eigenvalue weighted by Crippen LogP contribution is 2.35. The Morgan fingerprint density at radius 2 is 1.77 bits per heavy atom. The predicted molar refractivity (Wildman–Crippen MR) is 141 cm³/mol. The van der Waals surface area contributed by atoms with E-state index in [1.165, 1.54) is 26.2 Å². The molecule has 0 aromatic heterocycles. The molecule has 1 amide bonds. The number of hydrogen-bond donors (Lipinski definition) is 2. The monoisotopic (exact) mass is 564 g/mol. The Bertz CT molecular complexity index is 1180. The van der Waals surface area contributed by atoms with Gasteiger partial charge in [0.25, 0.3) is 0 Å². The summed E-state index contributed by atoms with van der Waals surface area (Å²) in [5, 5.41) is 13.2. The molecular formula is C27H36N2O9S. The first-order chi connectivity index (χ1) is 18.8. The molecule has 2 unspecified atom stereocenters. The van der Waals surface area contributed by atoms with Crippen LogP contribution in [-0.2, 0) is 30.8 Å². The van der Waals surface area contributed by atoms with Crippen LogP contribution in [0.15, 0.2) is 53.4 Å². The molecule has 1 saturated carbocycles. The van der Waals surface area contributed by atoms with Gasteiger partial charge in [-0.15, -0.1) is 0 Å². The minimum atomic E-state index is -4.29. The number of nitrogens with one attached hydrogen (secondary N) is 1. The van der Waals surface area contributed by atoms with E-state index in [4.69, 9.17) is 23.7 Å². The van der Waals surface area contributed by atoms with Crippen LogP contribution in [0.25, 0.3) is 0 Å². The fourth-order valence-electron chi connectivity index (χ4n) is 4.60. The fourth-order valence-corrected chi connectivity index (χ4v) is 6.21. The van der Waals surface area contributed by atoms with Crippen molar-refractivity contribution in [3.05, 3.63) is 54.1 Å². The van der Waals surface area contributed by atoms with Crippen LogP contribution in [0.3, 0.4) is 0 Å². The van der Waals surface area contributed by atoms with Crippen LogP contribution >= 0.6 is 0 Å². The molecule has 39 heavy (non-hydrogen) atoms. The highest BCUT2D eigenvalue weighted by molar-refractivity contribution is 7.89. The number of sulfonamides is 1. The molecule has 2 fully saturated rings. The first-order valence-corrected chi connectivity index (χ1v) is 14.4. The molecule has 1 aliphatic heterocycles. The lowest BCUT2D eigenvalue weighted by Gasteiger charge is -2.34. The summed E-state index contributed by atoms with van der Waals surface area (Å²) in [6.45, 7) is 1.67. The second-order valence-electron chi connectivity index (χ2n) is 9.59. The molecule has 2 aromatic carbocycles. The fraction of sp³-hybridized carbons (Fsp3) is 0.519. The van der Waals surface area contributed by atoms with Gasteiger partial charge in [-0.1, -0.05) is 30.3 Å². The van der Waals surface area contributed by atoms with Gasteiger partial charge in [0.2, 0.25) is 10.0 Å². The van der Waals surface area contributed by atoms with Crippen molar-refractivity contribution in [2.75, 3.05) is 27.1 Å². The number of carbonyl (C=O) groups excluding carboxylic acids is 1. The standard InChI is InChI=1S/C27H36N2O9S/c1-19(30)26(28-27(31)38-22-16-35-18-36-17-22)29(15-20-8-4-3-5-9-20)39(32,33)23-12-13-24(34-2)25(14-23)37-21-10-6-7-11-21/h3-5,8-9,12-14,19,21-22,26,30H,6-7,10-11,15-18H2,1-2H3,(H,28,31). The van der Waals surface area contributed by atoms with Crippen molar-refractivity contribution in [2.24, 2.45) is 0 Å². The summed E-state index contributed by atoms with van der Waals surface area (Å²) >= 11 is 0. The Morgan fingerprint density at radius 1 is 1.08 bits per heavy atom. The Kier molecular flexibility index (Phi) is 10.0. The Morgan fingerprint density at radius 3 is 2.41 bits per heavy atom. The number of alkyl carbamates (subject to hydrolysis) is 1. The van der Waals surface area contributed by atoms with E-state index in [9.17, 15) is 18.3 Å². The highest BCUT2D eigenvalue weighted by atomic mass is 32.2. The van der Waals surface area contributed by atoms with Crippen LogP contribution < -0.4 is 14.8 Å². The van der Waals surface area contributed by atoms with Gasteiger partial charge in [-0.3, -0.25) is 0 Å². The van der Waals surface area contributed by atoms with Gasteiger partial charge in [0.1, 0.15) is 13.0 Å². The van der Waals surface area contributed by atoms with Crippen molar-refractivity contribution < 1.29 is 42.0 Å². The zero-order valence-electron chi connectivity index (χ0n) is 22.2. The van der Waals surface area contributed by atoms with Crippen molar-refractivity contribution in [1.82, 2.24) is 9.62 Å². The van der Waals surface area contributed by atoms with Crippen molar-refractivity contribution in [3.8, 4) is 11.5 Å². The van der Waals surface area contributed by atoms with Crippen LogP contribution in [0.2, 0.25) is 0 Å². The van der Waals surface area contributed by atoms with Gasteiger partial charge in [0, 0.05) is 12.6 Å². The first-order valence-electron chi connectivity index (χ1n) is 13.0. The van der Waals surface area contributed by atoms with E-state index in [1.807, 2.05) is 6.07 Å². The normalized spacial score (nSPS) is 18.5. The topological polar surface area (TPSA) is 133 Å². The average molecular weight is 565 g/mol. The van der Waals surface area contributed by atoms with E-state index in [1.54, 1.807) is 30.3 Å². The lowest BCUT2D eigenvalue weighted by atomic mass is 10.2. The zero-order chi connectivity index (χ0) is 27.8. The first kappa shape index (κ1) is 29.1. The Balaban J connectivity index is 1.65. The van der Waals surface area contributed by atoms with Crippen LogP contribution in [-0.4, -0.2) is 75.5 Å². The predicted octanol–water partition coefficient (Wildman–Crippen LogP) is 3.01. The Labute approximate surface area is 229 Å². The quantitative estimate of drug-likeness (QED) is 0.395. The molecule has 2 N–H and O–H groups in total. The summed E-state index contributed by atoms with van der Waals surface area (Å²) in [6, 6.07) is 13.3. The van der Waals surface area contributed by atoms with Gasteiger partial charge >= 0.3 is 6.09 Å².